The summed E-state index contributed by atoms with van der Waals surface area (Å²) in [7, 11) is 0. The molecule has 0 spiro atoms. The SMILES string of the molecule is O=C1c2cc(-c3nnc(C(F)F)o3)ccc2CN1[C@H](C1CC1)[C@@H](O)c1ccc(C(F)(F)F)cn1. The Morgan fingerprint density at radius 1 is 1.12 bits per heavy atom. The van der Waals surface area contributed by atoms with Crippen molar-refractivity contribution in [1.82, 2.24) is 20.1 Å². The third kappa shape index (κ3) is 4.02. The van der Waals surface area contributed by atoms with Crippen molar-refractivity contribution in [3.63, 3.8) is 0 Å². The fourth-order valence-electron chi connectivity index (χ4n) is 4.18. The van der Waals surface area contributed by atoms with E-state index in [1.807, 2.05) is 0 Å². The largest absolute Gasteiger partial charge is 0.417 e. The van der Waals surface area contributed by atoms with Crippen molar-refractivity contribution in [2.24, 2.45) is 5.92 Å². The second-order valence-electron chi connectivity index (χ2n) is 8.29. The number of pyridine rings is 1. The molecular weight excluding hydrogens is 463 g/mol. The number of fused-ring (bicyclic) bond motifs is 1. The monoisotopic (exact) mass is 480 g/mol. The number of alkyl halides is 5. The summed E-state index contributed by atoms with van der Waals surface area (Å²) in [5, 5.41) is 17.9. The van der Waals surface area contributed by atoms with Crippen LogP contribution in [0.4, 0.5) is 22.0 Å². The van der Waals surface area contributed by atoms with Crippen LogP contribution in [0.1, 0.15) is 58.4 Å². The molecule has 1 saturated carbocycles. The predicted molar refractivity (Wildman–Crippen MR) is 105 cm³/mol. The fourth-order valence-corrected chi connectivity index (χ4v) is 4.18. The maximum absolute atomic E-state index is 13.2. The zero-order chi connectivity index (χ0) is 24.2. The van der Waals surface area contributed by atoms with Crippen LogP contribution in [0.15, 0.2) is 40.9 Å². The molecule has 1 amide bonds. The molecule has 3 heterocycles. The normalized spacial score (nSPS) is 17.9. The molecule has 1 aromatic carbocycles. The molecule has 0 saturated heterocycles. The van der Waals surface area contributed by atoms with Gasteiger partial charge in [-0.05, 0) is 48.6 Å². The first kappa shape index (κ1) is 22.4. The van der Waals surface area contributed by atoms with Crippen LogP contribution in [0.5, 0.6) is 0 Å². The minimum atomic E-state index is -4.55. The quantitative estimate of drug-likeness (QED) is 0.521. The van der Waals surface area contributed by atoms with Gasteiger partial charge in [0.25, 0.3) is 11.8 Å². The van der Waals surface area contributed by atoms with Gasteiger partial charge in [-0.1, -0.05) is 6.07 Å². The molecule has 178 valence electrons. The molecule has 7 nitrogen and oxygen atoms in total. The number of halogens is 5. The standard InChI is InChI=1S/C22H17F5N4O3/c23-18(24)20-30-29-19(34-20)11-3-4-12-9-31(21(33)14(12)7-11)16(10-1-2-10)17(32)15-6-5-13(8-28-15)22(25,26)27/h3-8,10,16-18,32H,1-2,9H2/t16-,17+/m1/s1. The molecule has 12 heteroatoms. The van der Waals surface area contributed by atoms with Gasteiger partial charge in [0.1, 0.15) is 6.10 Å². The van der Waals surface area contributed by atoms with Crippen molar-refractivity contribution in [2.45, 2.75) is 44.1 Å². The molecule has 0 bridgehead atoms. The van der Waals surface area contributed by atoms with Crippen LogP contribution in [0, 0.1) is 5.92 Å². The van der Waals surface area contributed by atoms with Gasteiger partial charge in [0.05, 0.1) is 17.3 Å². The van der Waals surface area contributed by atoms with Crippen molar-refractivity contribution in [1.29, 1.82) is 0 Å². The molecule has 2 atom stereocenters. The summed E-state index contributed by atoms with van der Waals surface area (Å²) in [4.78, 5) is 18.5. The molecule has 0 radical (unpaired) electrons. The Bertz CT molecular complexity index is 1220. The minimum Gasteiger partial charge on any atom is -0.415 e. The Morgan fingerprint density at radius 2 is 1.88 bits per heavy atom. The number of aliphatic hydroxyl groups is 1. The van der Waals surface area contributed by atoms with Gasteiger partial charge in [0, 0.05) is 23.9 Å². The van der Waals surface area contributed by atoms with Crippen molar-refractivity contribution < 1.29 is 36.3 Å². The Kier molecular flexibility index (Phi) is 5.34. The van der Waals surface area contributed by atoms with E-state index in [1.165, 1.54) is 11.0 Å². The van der Waals surface area contributed by atoms with Gasteiger partial charge < -0.3 is 14.4 Å². The first-order valence-electron chi connectivity index (χ1n) is 10.4. The lowest BCUT2D eigenvalue weighted by Crippen LogP contribution is -2.41. The second kappa shape index (κ2) is 8.12. The number of aliphatic hydroxyl groups excluding tert-OH is 1. The lowest BCUT2D eigenvalue weighted by molar-refractivity contribution is -0.137. The minimum absolute atomic E-state index is 0.0265. The average Bonchev–Trinajstić information content (AvgIpc) is 3.41. The van der Waals surface area contributed by atoms with Crippen molar-refractivity contribution >= 4 is 5.91 Å². The van der Waals surface area contributed by atoms with E-state index >= 15 is 0 Å². The highest BCUT2D eigenvalue weighted by molar-refractivity contribution is 5.99. The number of benzene rings is 1. The highest BCUT2D eigenvalue weighted by Crippen LogP contribution is 2.44. The molecule has 2 aliphatic rings. The molecule has 34 heavy (non-hydrogen) atoms. The van der Waals surface area contributed by atoms with Gasteiger partial charge in [-0.2, -0.15) is 22.0 Å². The van der Waals surface area contributed by atoms with E-state index in [1.54, 1.807) is 12.1 Å². The fraction of sp³-hybridized carbons (Fsp3) is 0.364. The summed E-state index contributed by atoms with van der Waals surface area (Å²) < 4.78 is 69.0. The third-order valence-corrected chi connectivity index (χ3v) is 6.02. The Labute approximate surface area is 189 Å². The van der Waals surface area contributed by atoms with Crippen LogP contribution in [-0.2, 0) is 12.7 Å². The number of carbonyl (C=O) groups excluding carboxylic acids is 1. The highest BCUT2D eigenvalue weighted by atomic mass is 19.4. The van der Waals surface area contributed by atoms with Crippen molar-refractivity contribution in [2.75, 3.05) is 0 Å². The summed E-state index contributed by atoms with van der Waals surface area (Å²) in [5.41, 5.74) is 0.355. The second-order valence-corrected chi connectivity index (χ2v) is 8.29. The van der Waals surface area contributed by atoms with Crippen LogP contribution >= 0.6 is 0 Å². The van der Waals surface area contributed by atoms with Crippen LogP contribution < -0.4 is 0 Å². The summed E-state index contributed by atoms with van der Waals surface area (Å²) in [6, 6.07) is 5.96. The number of aromatic nitrogens is 3. The molecule has 1 N–H and O–H groups in total. The first-order valence-corrected chi connectivity index (χ1v) is 10.4. The van der Waals surface area contributed by atoms with Gasteiger partial charge in [0.2, 0.25) is 5.89 Å². The van der Waals surface area contributed by atoms with Gasteiger partial charge >= 0.3 is 12.6 Å². The van der Waals surface area contributed by atoms with Gasteiger partial charge in [0.15, 0.2) is 0 Å². The summed E-state index contributed by atoms with van der Waals surface area (Å²) in [5.74, 6) is -1.41. The van der Waals surface area contributed by atoms with E-state index < -0.39 is 42.1 Å². The number of hydrogen-bond donors (Lipinski definition) is 1. The van der Waals surface area contributed by atoms with Crippen molar-refractivity contribution in [3.05, 3.63) is 64.8 Å². The number of rotatable bonds is 6. The maximum atomic E-state index is 13.2. The molecule has 1 fully saturated rings. The number of hydrogen-bond acceptors (Lipinski definition) is 6. The number of carbonyl (C=O) groups is 1. The zero-order valence-electron chi connectivity index (χ0n) is 17.3. The summed E-state index contributed by atoms with van der Waals surface area (Å²) in [6.45, 7) is 0.180. The lowest BCUT2D eigenvalue weighted by atomic mass is 10.00. The van der Waals surface area contributed by atoms with Crippen LogP contribution in [0.2, 0.25) is 0 Å². The summed E-state index contributed by atoms with van der Waals surface area (Å²) >= 11 is 0. The van der Waals surface area contributed by atoms with E-state index in [0.717, 1.165) is 25.0 Å². The van der Waals surface area contributed by atoms with E-state index in [4.69, 9.17) is 4.42 Å². The Hall–Kier alpha value is -3.41. The topological polar surface area (TPSA) is 92.4 Å². The maximum Gasteiger partial charge on any atom is 0.417 e. The molecule has 3 aromatic rings. The van der Waals surface area contributed by atoms with E-state index in [-0.39, 0.29) is 24.0 Å². The number of nitrogens with zero attached hydrogens (tertiary/aromatic N) is 4. The van der Waals surface area contributed by atoms with Crippen molar-refractivity contribution in [3.8, 4) is 11.5 Å². The Balaban J connectivity index is 1.40. The molecule has 1 aliphatic carbocycles. The van der Waals surface area contributed by atoms with Crippen LogP contribution in [0.25, 0.3) is 11.5 Å². The molecular formula is C22H17F5N4O3. The zero-order valence-corrected chi connectivity index (χ0v) is 17.3. The molecule has 5 rings (SSSR count). The van der Waals surface area contributed by atoms with Gasteiger partial charge in [-0.15, -0.1) is 10.2 Å². The summed E-state index contributed by atoms with van der Waals surface area (Å²) in [6.07, 6.45) is -6.58. The first-order chi connectivity index (χ1) is 16.1. The van der Waals surface area contributed by atoms with Gasteiger partial charge in [-0.3, -0.25) is 9.78 Å². The van der Waals surface area contributed by atoms with E-state index in [2.05, 4.69) is 15.2 Å². The van der Waals surface area contributed by atoms with E-state index in [0.29, 0.717) is 22.9 Å². The molecule has 2 aromatic heterocycles. The smallest absolute Gasteiger partial charge is 0.415 e. The van der Waals surface area contributed by atoms with Gasteiger partial charge in [-0.25, -0.2) is 0 Å². The molecule has 1 aliphatic heterocycles. The van der Waals surface area contributed by atoms with Crippen LogP contribution in [0.3, 0.4) is 0 Å². The number of amides is 1. The van der Waals surface area contributed by atoms with Crippen LogP contribution in [-0.4, -0.2) is 37.1 Å². The lowest BCUT2D eigenvalue weighted by Gasteiger charge is -2.31. The third-order valence-electron chi connectivity index (χ3n) is 6.02. The molecule has 0 unspecified atom stereocenters. The highest BCUT2D eigenvalue weighted by Gasteiger charge is 2.45. The Morgan fingerprint density at radius 3 is 2.47 bits per heavy atom. The predicted octanol–water partition coefficient (Wildman–Crippen LogP) is 4.56. The van der Waals surface area contributed by atoms with E-state index in [9.17, 15) is 31.9 Å². The average molecular weight is 480 g/mol.